The number of pyridine rings is 1. The Balaban J connectivity index is 2.66. The molecule has 13 heavy (non-hydrogen) atoms. The smallest absolute Gasteiger partial charge is 0.0714 e. The number of fused-ring (bicyclic) bond motifs is 1. The monoisotopic (exact) mass is 167 g/mol. The fourth-order valence-corrected chi connectivity index (χ4v) is 1.29. The highest BCUT2D eigenvalue weighted by Gasteiger charge is 1.93. The Labute approximate surface area is 77.4 Å². The molecule has 0 spiro atoms. The highest BCUT2D eigenvalue weighted by atomic mass is 14.6. The van der Waals surface area contributed by atoms with Gasteiger partial charge in [0.15, 0.2) is 0 Å². The van der Waals surface area contributed by atoms with Crippen LogP contribution in [0.3, 0.4) is 0 Å². The fourth-order valence-electron chi connectivity index (χ4n) is 1.29. The Bertz CT molecular complexity index is 489. The number of rotatable bonds is 0. The zero-order chi connectivity index (χ0) is 9.10. The van der Waals surface area contributed by atoms with Crippen LogP contribution >= 0.6 is 0 Å². The maximum atomic E-state index is 4.26. The third kappa shape index (κ3) is 1.52. The van der Waals surface area contributed by atoms with Crippen LogP contribution < -0.4 is 0 Å². The third-order valence-corrected chi connectivity index (χ3v) is 1.88. The van der Waals surface area contributed by atoms with Crippen molar-refractivity contribution in [2.45, 2.75) is 6.92 Å². The Morgan fingerprint density at radius 3 is 3.00 bits per heavy atom. The lowest BCUT2D eigenvalue weighted by Crippen LogP contribution is -1.79. The predicted molar refractivity (Wildman–Crippen MR) is 54.3 cm³/mol. The molecule has 0 saturated heterocycles. The van der Waals surface area contributed by atoms with Gasteiger partial charge in [-0.15, -0.1) is 5.92 Å². The average molecular weight is 167 g/mol. The molecule has 0 bridgehead atoms. The average Bonchev–Trinajstić information content (AvgIpc) is 2.18. The van der Waals surface area contributed by atoms with Crippen molar-refractivity contribution < 1.29 is 0 Å². The summed E-state index contributed by atoms with van der Waals surface area (Å²) in [4.78, 5) is 4.26. The lowest BCUT2D eigenvalue weighted by atomic mass is 10.1. The minimum atomic E-state index is 1.00. The van der Waals surface area contributed by atoms with Gasteiger partial charge in [0.1, 0.15) is 0 Å². The summed E-state index contributed by atoms with van der Waals surface area (Å²) in [6, 6.07) is 10.0. The van der Waals surface area contributed by atoms with Crippen molar-refractivity contribution in [2.24, 2.45) is 0 Å². The molecule has 1 nitrogen and oxygen atoms in total. The zero-order valence-electron chi connectivity index (χ0n) is 7.41. The van der Waals surface area contributed by atoms with E-state index in [9.17, 15) is 0 Å². The highest BCUT2D eigenvalue weighted by molar-refractivity contribution is 5.79. The van der Waals surface area contributed by atoms with Crippen LogP contribution in [0.25, 0.3) is 10.9 Å². The molecule has 1 aromatic carbocycles. The second kappa shape index (κ2) is 3.28. The Morgan fingerprint density at radius 1 is 1.23 bits per heavy atom. The van der Waals surface area contributed by atoms with Gasteiger partial charge in [-0.3, -0.25) is 4.98 Å². The summed E-state index contributed by atoms with van der Waals surface area (Å²) < 4.78 is 0. The Kier molecular flexibility index (Phi) is 1.97. The van der Waals surface area contributed by atoms with Gasteiger partial charge in [0.05, 0.1) is 5.52 Å². The van der Waals surface area contributed by atoms with Crippen molar-refractivity contribution in [3.05, 3.63) is 42.1 Å². The van der Waals surface area contributed by atoms with Crippen molar-refractivity contribution in [3.63, 3.8) is 0 Å². The van der Waals surface area contributed by atoms with E-state index in [0.717, 1.165) is 16.5 Å². The summed E-state index contributed by atoms with van der Waals surface area (Å²) >= 11 is 0. The van der Waals surface area contributed by atoms with Crippen molar-refractivity contribution in [1.82, 2.24) is 4.98 Å². The fraction of sp³-hybridized carbons (Fsp3) is 0.0833. The van der Waals surface area contributed by atoms with Crippen LogP contribution in [0.1, 0.15) is 12.5 Å². The molecule has 0 radical (unpaired) electrons. The van der Waals surface area contributed by atoms with Gasteiger partial charge in [0.25, 0.3) is 0 Å². The maximum Gasteiger partial charge on any atom is 0.0714 e. The van der Waals surface area contributed by atoms with Crippen LogP contribution in [0.2, 0.25) is 0 Å². The van der Waals surface area contributed by atoms with Gasteiger partial charge in [-0.1, -0.05) is 18.1 Å². The van der Waals surface area contributed by atoms with E-state index in [0.29, 0.717) is 0 Å². The van der Waals surface area contributed by atoms with Gasteiger partial charge >= 0.3 is 0 Å². The van der Waals surface area contributed by atoms with Gasteiger partial charge < -0.3 is 0 Å². The van der Waals surface area contributed by atoms with E-state index in [1.165, 1.54) is 0 Å². The summed E-state index contributed by atoms with van der Waals surface area (Å²) in [5.41, 5.74) is 2.02. The van der Waals surface area contributed by atoms with E-state index >= 15 is 0 Å². The molecule has 1 aromatic heterocycles. The lowest BCUT2D eigenvalue weighted by molar-refractivity contribution is 1.41. The van der Waals surface area contributed by atoms with E-state index in [1.807, 2.05) is 37.3 Å². The molecular formula is C12H9N. The molecule has 0 N–H and O–H groups in total. The van der Waals surface area contributed by atoms with Crippen LogP contribution in [0.15, 0.2) is 36.5 Å². The van der Waals surface area contributed by atoms with Gasteiger partial charge in [0.2, 0.25) is 0 Å². The topological polar surface area (TPSA) is 12.9 Å². The van der Waals surface area contributed by atoms with Gasteiger partial charge in [0, 0.05) is 17.1 Å². The Hall–Kier alpha value is -1.81. The van der Waals surface area contributed by atoms with E-state index in [1.54, 1.807) is 6.20 Å². The van der Waals surface area contributed by atoms with E-state index in [-0.39, 0.29) is 0 Å². The summed E-state index contributed by atoms with van der Waals surface area (Å²) in [6.07, 6.45) is 1.80. The summed E-state index contributed by atoms with van der Waals surface area (Å²) in [5.74, 6) is 5.88. The van der Waals surface area contributed by atoms with E-state index in [2.05, 4.69) is 16.8 Å². The van der Waals surface area contributed by atoms with Gasteiger partial charge in [-0.25, -0.2) is 0 Å². The Morgan fingerprint density at radius 2 is 2.15 bits per heavy atom. The first-order valence-electron chi connectivity index (χ1n) is 4.18. The predicted octanol–water partition coefficient (Wildman–Crippen LogP) is 2.61. The highest BCUT2D eigenvalue weighted by Crippen LogP contribution is 2.11. The first-order chi connectivity index (χ1) is 6.40. The molecule has 2 aromatic rings. The molecule has 0 aliphatic heterocycles. The van der Waals surface area contributed by atoms with Crippen molar-refractivity contribution in [2.75, 3.05) is 0 Å². The SMILES string of the molecule is CC#Cc1ccc2cccnc2c1. The van der Waals surface area contributed by atoms with Gasteiger partial charge in [-0.2, -0.15) is 0 Å². The number of benzene rings is 1. The first kappa shape index (κ1) is 7.82. The van der Waals surface area contributed by atoms with Crippen molar-refractivity contribution in [1.29, 1.82) is 0 Å². The number of aromatic nitrogens is 1. The number of hydrogen-bond acceptors (Lipinski definition) is 1. The minimum absolute atomic E-state index is 1.00. The van der Waals surface area contributed by atoms with E-state index < -0.39 is 0 Å². The molecule has 0 aliphatic rings. The van der Waals surface area contributed by atoms with E-state index in [4.69, 9.17) is 0 Å². The quantitative estimate of drug-likeness (QED) is 0.549. The van der Waals surface area contributed by atoms with Crippen LogP contribution in [0.4, 0.5) is 0 Å². The molecule has 0 saturated carbocycles. The van der Waals surface area contributed by atoms with Crippen LogP contribution in [0.5, 0.6) is 0 Å². The minimum Gasteiger partial charge on any atom is -0.256 e. The van der Waals surface area contributed by atoms with Gasteiger partial charge in [-0.05, 0) is 25.1 Å². The number of hydrogen-bond donors (Lipinski definition) is 0. The summed E-state index contributed by atoms with van der Waals surface area (Å²) in [6.45, 7) is 1.84. The maximum absolute atomic E-state index is 4.26. The molecule has 0 atom stereocenters. The normalized spacial score (nSPS) is 9.31. The molecule has 2 rings (SSSR count). The molecule has 1 heteroatoms. The second-order valence-corrected chi connectivity index (χ2v) is 2.79. The summed E-state index contributed by atoms with van der Waals surface area (Å²) in [5, 5.41) is 1.16. The zero-order valence-corrected chi connectivity index (χ0v) is 7.41. The lowest BCUT2D eigenvalue weighted by Gasteiger charge is -1.95. The van der Waals surface area contributed by atoms with Crippen LogP contribution in [-0.2, 0) is 0 Å². The van der Waals surface area contributed by atoms with Crippen molar-refractivity contribution >= 4 is 10.9 Å². The molecule has 1 heterocycles. The largest absolute Gasteiger partial charge is 0.256 e. The third-order valence-electron chi connectivity index (χ3n) is 1.88. The number of nitrogens with zero attached hydrogens (tertiary/aromatic N) is 1. The summed E-state index contributed by atoms with van der Waals surface area (Å²) in [7, 11) is 0. The molecular weight excluding hydrogens is 158 g/mol. The second-order valence-electron chi connectivity index (χ2n) is 2.79. The standard InChI is InChI=1S/C12H9N/c1-2-4-10-6-7-11-5-3-8-13-12(11)9-10/h3,5-9H,1H3. The first-order valence-corrected chi connectivity index (χ1v) is 4.18. The molecule has 0 fully saturated rings. The molecule has 62 valence electrons. The van der Waals surface area contributed by atoms with Crippen LogP contribution in [-0.4, -0.2) is 4.98 Å². The molecule has 0 aliphatic carbocycles. The molecule has 0 amide bonds. The van der Waals surface area contributed by atoms with Crippen LogP contribution in [0, 0.1) is 11.8 Å². The van der Waals surface area contributed by atoms with Crippen molar-refractivity contribution in [3.8, 4) is 11.8 Å². The molecule has 0 unspecified atom stereocenters.